The van der Waals surface area contributed by atoms with Gasteiger partial charge in [-0.05, 0) is 44.6 Å². The summed E-state index contributed by atoms with van der Waals surface area (Å²) in [4.78, 5) is 3.81. The van der Waals surface area contributed by atoms with Crippen LogP contribution in [0.2, 0.25) is 0 Å². The monoisotopic (exact) mass is 457 g/mol. The summed E-state index contributed by atoms with van der Waals surface area (Å²) in [5.41, 5.74) is -1.91. The van der Waals surface area contributed by atoms with E-state index in [0.29, 0.717) is 25.3 Å². The van der Waals surface area contributed by atoms with E-state index in [0.717, 1.165) is 12.8 Å². The Bertz CT molecular complexity index is 796. The quantitative estimate of drug-likeness (QED) is 0.293. The standard InChI is InChI=1S/C23H31ClF3N3O/c1-14-20(18(27)5-6-28-15(2)24)17(23(30-14)10-21(11-23,12-25)13-26)9-29-22-7-16(8-22)3-4-19(22)31/h3-6,14,16-17,19-20,29-31H,2,7-13H2,1H3/b18-5-,28-6-/t14-,16?,17?,19?,20?,22?/m0/s1. The van der Waals surface area contributed by atoms with Gasteiger partial charge in [-0.2, -0.15) is 0 Å². The molecular formula is C23H31ClF3N3O. The Hall–Kier alpha value is -1.15. The van der Waals surface area contributed by atoms with Gasteiger partial charge in [0, 0.05) is 47.1 Å². The van der Waals surface area contributed by atoms with Crippen molar-refractivity contribution >= 4 is 17.8 Å². The Labute approximate surface area is 186 Å². The molecule has 5 rings (SSSR count). The second-order valence-electron chi connectivity index (χ2n) is 10.1. The molecule has 3 unspecified atom stereocenters. The largest absolute Gasteiger partial charge is 0.387 e. The average molecular weight is 458 g/mol. The van der Waals surface area contributed by atoms with E-state index in [9.17, 15) is 13.9 Å². The number of aliphatic hydroxyl groups excluding tert-OH is 1. The van der Waals surface area contributed by atoms with Crippen LogP contribution in [0.25, 0.3) is 0 Å². The maximum atomic E-state index is 15.3. The van der Waals surface area contributed by atoms with Crippen molar-refractivity contribution in [2.75, 3.05) is 19.9 Å². The number of nitrogens with one attached hydrogen (secondary N) is 2. The van der Waals surface area contributed by atoms with E-state index >= 15 is 4.39 Å². The molecule has 0 aromatic carbocycles. The molecule has 1 aliphatic heterocycles. The summed E-state index contributed by atoms with van der Waals surface area (Å²) in [5, 5.41) is 17.6. The molecule has 1 heterocycles. The highest BCUT2D eigenvalue weighted by molar-refractivity contribution is 6.29. The van der Waals surface area contributed by atoms with Gasteiger partial charge in [0.1, 0.15) is 11.0 Å². The molecule has 31 heavy (non-hydrogen) atoms. The van der Waals surface area contributed by atoms with Gasteiger partial charge in [-0.15, -0.1) is 0 Å². The van der Waals surface area contributed by atoms with Gasteiger partial charge in [0.2, 0.25) is 0 Å². The lowest BCUT2D eigenvalue weighted by Crippen LogP contribution is -2.68. The van der Waals surface area contributed by atoms with E-state index < -0.39 is 41.9 Å². The summed E-state index contributed by atoms with van der Waals surface area (Å²) in [6.07, 6.45) is 8.21. The molecule has 2 saturated carbocycles. The van der Waals surface area contributed by atoms with Crippen molar-refractivity contribution in [3.05, 3.63) is 35.8 Å². The van der Waals surface area contributed by atoms with Gasteiger partial charge < -0.3 is 15.7 Å². The van der Waals surface area contributed by atoms with E-state index in [1.165, 1.54) is 12.3 Å². The van der Waals surface area contributed by atoms with Crippen LogP contribution in [0.5, 0.6) is 0 Å². The third-order valence-electron chi connectivity index (χ3n) is 7.97. The molecule has 1 saturated heterocycles. The van der Waals surface area contributed by atoms with Crippen LogP contribution < -0.4 is 10.6 Å². The van der Waals surface area contributed by atoms with Crippen molar-refractivity contribution in [3.63, 3.8) is 0 Å². The summed E-state index contributed by atoms with van der Waals surface area (Å²) in [6.45, 7) is 4.37. The van der Waals surface area contributed by atoms with Gasteiger partial charge in [0.15, 0.2) is 0 Å². The molecule has 0 aromatic heterocycles. The Morgan fingerprint density at radius 2 is 2.00 bits per heavy atom. The third kappa shape index (κ3) is 3.92. The minimum atomic E-state index is -0.981. The van der Waals surface area contributed by atoms with Crippen LogP contribution >= 0.6 is 11.6 Å². The number of hydrogen-bond acceptors (Lipinski definition) is 4. The van der Waals surface area contributed by atoms with Crippen LogP contribution in [-0.2, 0) is 0 Å². The van der Waals surface area contributed by atoms with Crippen LogP contribution in [0.3, 0.4) is 0 Å². The lowest BCUT2D eigenvalue weighted by molar-refractivity contribution is -0.0607. The zero-order valence-electron chi connectivity index (χ0n) is 17.8. The minimum absolute atomic E-state index is 0.0592. The number of allylic oxidation sites excluding steroid dienone is 2. The molecule has 3 N–H and O–H groups in total. The molecule has 4 atom stereocenters. The fraction of sp³-hybridized carbons (Fsp3) is 0.696. The number of hydrogen-bond donors (Lipinski definition) is 3. The molecule has 0 aromatic rings. The van der Waals surface area contributed by atoms with E-state index in [1.807, 2.05) is 19.1 Å². The SMILES string of the molecule is C=C(Cl)/N=C\C=C(/F)C1C(CNC23CC(C=CC2O)C3)C2(CC(CF)(CF)C2)N[C@H]1C. The molecule has 4 aliphatic carbocycles. The summed E-state index contributed by atoms with van der Waals surface area (Å²) in [7, 11) is 0. The first kappa shape index (κ1) is 23.0. The lowest BCUT2D eigenvalue weighted by atomic mass is 9.53. The second-order valence-corrected chi connectivity index (χ2v) is 10.5. The fourth-order valence-corrected chi connectivity index (χ4v) is 6.59. The molecule has 172 valence electrons. The predicted molar refractivity (Wildman–Crippen MR) is 117 cm³/mol. The highest BCUT2D eigenvalue weighted by Gasteiger charge is 2.64. The fourth-order valence-electron chi connectivity index (χ4n) is 6.53. The lowest BCUT2D eigenvalue weighted by Gasteiger charge is -2.57. The Balaban J connectivity index is 1.57. The number of halogens is 4. The molecule has 3 fully saturated rings. The van der Waals surface area contributed by atoms with Crippen molar-refractivity contribution < 1.29 is 18.3 Å². The van der Waals surface area contributed by atoms with E-state index in [4.69, 9.17) is 11.6 Å². The van der Waals surface area contributed by atoms with Crippen molar-refractivity contribution in [1.82, 2.24) is 10.6 Å². The molecule has 5 aliphatic rings. The zero-order chi connectivity index (χ0) is 22.4. The molecular weight excluding hydrogens is 427 g/mol. The van der Waals surface area contributed by atoms with Crippen LogP contribution in [0, 0.1) is 23.2 Å². The third-order valence-corrected chi connectivity index (χ3v) is 8.07. The summed E-state index contributed by atoms with van der Waals surface area (Å²) in [5.74, 6) is -0.587. The smallest absolute Gasteiger partial charge is 0.121 e. The van der Waals surface area contributed by atoms with Gasteiger partial charge in [0.25, 0.3) is 0 Å². The first-order chi connectivity index (χ1) is 14.7. The molecule has 4 nitrogen and oxygen atoms in total. The maximum Gasteiger partial charge on any atom is 0.121 e. The molecule has 2 bridgehead atoms. The van der Waals surface area contributed by atoms with Crippen molar-refractivity contribution in [3.8, 4) is 0 Å². The molecule has 0 radical (unpaired) electrons. The predicted octanol–water partition coefficient (Wildman–Crippen LogP) is 3.97. The second kappa shape index (κ2) is 8.32. The van der Waals surface area contributed by atoms with Gasteiger partial charge in [-0.25, -0.2) is 9.38 Å². The van der Waals surface area contributed by atoms with Crippen molar-refractivity contribution in [2.45, 2.75) is 55.8 Å². The molecule has 8 heteroatoms. The van der Waals surface area contributed by atoms with E-state index in [1.54, 1.807) is 0 Å². The molecule has 1 spiro atoms. The number of rotatable bonds is 8. The number of aliphatic hydroxyl groups is 1. The number of aliphatic imine (C=N–C) groups is 1. The van der Waals surface area contributed by atoms with Gasteiger partial charge >= 0.3 is 0 Å². The summed E-state index contributed by atoms with van der Waals surface area (Å²) >= 11 is 5.62. The van der Waals surface area contributed by atoms with Gasteiger partial charge in [0.05, 0.1) is 19.5 Å². The van der Waals surface area contributed by atoms with Crippen LogP contribution in [0.15, 0.2) is 40.8 Å². The van der Waals surface area contributed by atoms with Crippen molar-refractivity contribution in [2.24, 2.45) is 28.2 Å². The topological polar surface area (TPSA) is 56.7 Å². The Morgan fingerprint density at radius 1 is 1.32 bits per heavy atom. The number of alkyl halides is 2. The van der Waals surface area contributed by atoms with Crippen LogP contribution in [0.1, 0.15) is 32.6 Å². The van der Waals surface area contributed by atoms with Gasteiger partial charge in [-0.1, -0.05) is 30.3 Å². The van der Waals surface area contributed by atoms with E-state index in [2.05, 4.69) is 22.2 Å². The Morgan fingerprint density at radius 3 is 2.58 bits per heavy atom. The summed E-state index contributed by atoms with van der Waals surface area (Å²) in [6, 6.07) is -0.212. The zero-order valence-corrected chi connectivity index (χ0v) is 18.5. The minimum Gasteiger partial charge on any atom is -0.387 e. The highest BCUT2D eigenvalue weighted by atomic mass is 35.5. The number of nitrogens with zero attached hydrogens (tertiary/aromatic N) is 1. The van der Waals surface area contributed by atoms with Crippen molar-refractivity contribution in [1.29, 1.82) is 0 Å². The highest BCUT2D eigenvalue weighted by Crippen LogP contribution is 2.59. The first-order valence-electron chi connectivity index (χ1n) is 10.9. The molecule has 0 amide bonds. The van der Waals surface area contributed by atoms with Crippen LogP contribution in [-0.4, -0.2) is 54.4 Å². The Kier molecular flexibility index (Phi) is 6.18. The van der Waals surface area contributed by atoms with Crippen LogP contribution in [0.4, 0.5) is 13.2 Å². The average Bonchev–Trinajstić information content (AvgIpc) is 2.96. The normalized spacial score (nSPS) is 40.2. The van der Waals surface area contributed by atoms with E-state index in [-0.39, 0.29) is 22.9 Å². The first-order valence-corrected chi connectivity index (χ1v) is 11.3. The summed E-state index contributed by atoms with van der Waals surface area (Å²) < 4.78 is 42.5. The van der Waals surface area contributed by atoms with Gasteiger partial charge in [-0.3, -0.25) is 8.78 Å². The maximum absolute atomic E-state index is 15.3. The number of fused-ring (bicyclic) bond motifs is 1.